The number of unbranched alkanes of at least 4 members (excludes halogenated alkanes) is 1. The molecule has 0 unspecified atom stereocenters. The lowest BCUT2D eigenvalue weighted by atomic mass is 10.2. The third kappa shape index (κ3) is 7.81. The maximum Gasteiger partial charge on any atom is 0.573 e. The Kier molecular flexibility index (Phi) is 8.76. The summed E-state index contributed by atoms with van der Waals surface area (Å²) in [6, 6.07) is 11.1. The van der Waals surface area contributed by atoms with Gasteiger partial charge in [-0.25, -0.2) is 4.99 Å². The molecule has 2 N–H and O–H groups in total. The molecule has 0 saturated carbocycles. The predicted octanol–water partition coefficient (Wildman–Crippen LogP) is 3.59. The number of hydrogen-bond donors (Lipinski definition) is 2. The fourth-order valence-electron chi connectivity index (χ4n) is 2.88. The average molecular weight is 424 g/mol. The molecule has 0 radical (unpaired) electrons. The first-order valence-electron chi connectivity index (χ1n) is 9.82. The zero-order valence-electron chi connectivity index (χ0n) is 17.1. The van der Waals surface area contributed by atoms with Crippen LogP contribution in [0.15, 0.2) is 52.3 Å². The summed E-state index contributed by atoms with van der Waals surface area (Å²) in [6.07, 6.45) is -3.14. The molecule has 2 rings (SSSR count). The summed E-state index contributed by atoms with van der Waals surface area (Å²) in [6.45, 7) is 5.71. The number of halogens is 3. The van der Waals surface area contributed by atoms with Gasteiger partial charge in [-0.15, -0.1) is 13.2 Å². The largest absolute Gasteiger partial charge is 0.573 e. The standard InChI is InChI=1S/C21H27F3N4O2/c1-3-25-20(26-13-6-7-14-28-16(2)9-8-12-19(28)29)27-15-17-10-4-5-11-18(17)30-21(22,23)24/h4-5,8-12H,3,6-7,13-15H2,1-2H3,(H2,25,26,27). The van der Waals surface area contributed by atoms with Crippen molar-refractivity contribution in [3.05, 3.63) is 64.1 Å². The molecule has 0 amide bonds. The van der Waals surface area contributed by atoms with Crippen LogP contribution in [0.5, 0.6) is 5.75 Å². The van der Waals surface area contributed by atoms with E-state index in [2.05, 4.69) is 20.4 Å². The quantitative estimate of drug-likeness (QED) is 0.367. The molecule has 0 aliphatic carbocycles. The first-order valence-corrected chi connectivity index (χ1v) is 9.82. The molecule has 0 aliphatic rings. The number of aromatic nitrogens is 1. The van der Waals surface area contributed by atoms with Crippen LogP contribution in [0.2, 0.25) is 0 Å². The van der Waals surface area contributed by atoms with Crippen molar-refractivity contribution in [2.24, 2.45) is 4.99 Å². The maximum absolute atomic E-state index is 12.5. The Labute approximate surface area is 173 Å². The highest BCUT2D eigenvalue weighted by molar-refractivity contribution is 5.79. The molecule has 0 spiro atoms. The molecule has 0 saturated heterocycles. The lowest BCUT2D eigenvalue weighted by molar-refractivity contribution is -0.274. The zero-order chi connectivity index (χ0) is 22.0. The third-order valence-electron chi connectivity index (χ3n) is 4.32. The molecular weight excluding hydrogens is 397 g/mol. The van der Waals surface area contributed by atoms with E-state index in [9.17, 15) is 18.0 Å². The fraction of sp³-hybridized carbons (Fsp3) is 0.429. The lowest BCUT2D eigenvalue weighted by Crippen LogP contribution is -2.37. The van der Waals surface area contributed by atoms with E-state index in [0.29, 0.717) is 31.2 Å². The van der Waals surface area contributed by atoms with Gasteiger partial charge in [-0.3, -0.25) is 4.79 Å². The molecule has 164 valence electrons. The van der Waals surface area contributed by atoms with Crippen LogP contribution in [0.25, 0.3) is 0 Å². The van der Waals surface area contributed by atoms with Crippen molar-refractivity contribution in [1.29, 1.82) is 0 Å². The Morgan fingerprint density at radius 1 is 1.10 bits per heavy atom. The Morgan fingerprint density at radius 2 is 1.87 bits per heavy atom. The summed E-state index contributed by atoms with van der Waals surface area (Å²) >= 11 is 0. The number of benzene rings is 1. The van der Waals surface area contributed by atoms with Crippen molar-refractivity contribution in [3.8, 4) is 5.75 Å². The van der Waals surface area contributed by atoms with Gasteiger partial charge in [0.15, 0.2) is 5.96 Å². The van der Waals surface area contributed by atoms with Gasteiger partial charge in [0.25, 0.3) is 5.56 Å². The Hall–Kier alpha value is -2.97. The second-order valence-corrected chi connectivity index (χ2v) is 6.64. The minimum Gasteiger partial charge on any atom is -0.405 e. The van der Waals surface area contributed by atoms with E-state index in [1.165, 1.54) is 12.1 Å². The van der Waals surface area contributed by atoms with Gasteiger partial charge in [0.2, 0.25) is 0 Å². The normalized spacial score (nSPS) is 12.0. The van der Waals surface area contributed by atoms with Gasteiger partial charge in [-0.1, -0.05) is 24.3 Å². The lowest BCUT2D eigenvalue weighted by Gasteiger charge is -2.14. The number of rotatable bonds is 9. The van der Waals surface area contributed by atoms with Crippen molar-refractivity contribution in [2.45, 2.75) is 46.1 Å². The van der Waals surface area contributed by atoms with E-state index in [1.54, 1.807) is 28.8 Å². The molecule has 9 heteroatoms. The van der Waals surface area contributed by atoms with Gasteiger partial charge in [0, 0.05) is 37.0 Å². The summed E-state index contributed by atoms with van der Waals surface area (Å²) < 4.78 is 43.4. The number of ether oxygens (including phenoxy) is 1. The number of hydrogen-bond acceptors (Lipinski definition) is 3. The van der Waals surface area contributed by atoms with E-state index in [1.807, 2.05) is 19.9 Å². The van der Waals surface area contributed by atoms with Gasteiger partial charge in [0.1, 0.15) is 5.75 Å². The first-order chi connectivity index (χ1) is 14.3. The molecule has 0 bridgehead atoms. The van der Waals surface area contributed by atoms with Gasteiger partial charge >= 0.3 is 6.36 Å². The van der Waals surface area contributed by atoms with Gasteiger partial charge in [0.05, 0.1) is 6.54 Å². The van der Waals surface area contributed by atoms with E-state index < -0.39 is 6.36 Å². The molecule has 1 heterocycles. The minimum absolute atomic E-state index is 0.0161. The second kappa shape index (κ2) is 11.3. The SMILES string of the molecule is CCNC(=NCc1ccccc1OC(F)(F)F)NCCCCn1c(C)cccc1=O. The number of pyridine rings is 1. The molecule has 0 atom stereocenters. The minimum atomic E-state index is -4.75. The molecule has 2 aromatic rings. The fourth-order valence-corrected chi connectivity index (χ4v) is 2.88. The number of nitrogens with zero attached hydrogens (tertiary/aromatic N) is 2. The van der Waals surface area contributed by atoms with Gasteiger partial charge in [-0.2, -0.15) is 0 Å². The number of nitrogens with one attached hydrogen (secondary N) is 2. The second-order valence-electron chi connectivity index (χ2n) is 6.64. The zero-order valence-corrected chi connectivity index (χ0v) is 17.1. The number of guanidine groups is 1. The smallest absolute Gasteiger partial charge is 0.405 e. The van der Waals surface area contributed by atoms with Crippen molar-refractivity contribution >= 4 is 5.96 Å². The topological polar surface area (TPSA) is 67.7 Å². The van der Waals surface area contributed by atoms with Crippen molar-refractivity contribution in [1.82, 2.24) is 15.2 Å². The summed E-state index contributed by atoms with van der Waals surface area (Å²) in [4.78, 5) is 16.2. The van der Waals surface area contributed by atoms with Gasteiger partial charge < -0.3 is 19.9 Å². The Bertz CT molecular complexity index is 894. The van der Waals surface area contributed by atoms with Crippen molar-refractivity contribution in [3.63, 3.8) is 0 Å². The van der Waals surface area contributed by atoms with E-state index in [-0.39, 0.29) is 17.9 Å². The molecule has 0 fully saturated rings. The average Bonchev–Trinajstić information content (AvgIpc) is 2.67. The number of aryl methyl sites for hydroxylation is 1. The summed E-state index contributed by atoms with van der Waals surface area (Å²) in [5, 5.41) is 6.23. The molecular formula is C21H27F3N4O2. The highest BCUT2D eigenvalue weighted by Gasteiger charge is 2.31. The summed E-state index contributed by atoms with van der Waals surface area (Å²) in [7, 11) is 0. The van der Waals surface area contributed by atoms with Crippen LogP contribution >= 0.6 is 0 Å². The summed E-state index contributed by atoms with van der Waals surface area (Å²) in [5.41, 5.74) is 1.24. The van der Waals surface area contributed by atoms with Crippen LogP contribution in [0.1, 0.15) is 31.0 Å². The molecule has 6 nitrogen and oxygen atoms in total. The monoisotopic (exact) mass is 424 g/mol. The highest BCUT2D eigenvalue weighted by Crippen LogP contribution is 2.26. The van der Waals surface area contributed by atoms with Crippen molar-refractivity contribution < 1.29 is 17.9 Å². The van der Waals surface area contributed by atoms with Crippen LogP contribution in [-0.4, -0.2) is 30.0 Å². The van der Waals surface area contributed by atoms with E-state index in [4.69, 9.17) is 0 Å². The van der Waals surface area contributed by atoms with Crippen LogP contribution in [0.4, 0.5) is 13.2 Å². The van der Waals surface area contributed by atoms with Crippen molar-refractivity contribution in [2.75, 3.05) is 13.1 Å². The van der Waals surface area contributed by atoms with E-state index >= 15 is 0 Å². The number of aliphatic imine (C=N–C) groups is 1. The first kappa shape index (κ1) is 23.3. The molecule has 1 aromatic heterocycles. The van der Waals surface area contributed by atoms with Crippen LogP contribution in [0.3, 0.4) is 0 Å². The Morgan fingerprint density at radius 3 is 2.57 bits per heavy atom. The predicted molar refractivity (Wildman–Crippen MR) is 111 cm³/mol. The van der Waals surface area contributed by atoms with E-state index in [0.717, 1.165) is 18.5 Å². The van der Waals surface area contributed by atoms with Crippen LogP contribution in [-0.2, 0) is 13.1 Å². The van der Waals surface area contributed by atoms with Gasteiger partial charge in [-0.05, 0) is 38.8 Å². The summed E-state index contributed by atoms with van der Waals surface area (Å²) in [5.74, 6) is 0.251. The van der Waals surface area contributed by atoms with Crippen LogP contribution < -0.4 is 20.9 Å². The molecule has 30 heavy (non-hydrogen) atoms. The maximum atomic E-state index is 12.5. The number of alkyl halides is 3. The highest BCUT2D eigenvalue weighted by atomic mass is 19.4. The number of para-hydroxylation sites is 1. The van der Waals surface area contributed by atoms with Crippen LogP contribution in [0, 0.1) is 6.92 Å². The molecule has 1 aromatic carbocycles. The Balaban J connectivity index is 1.89. The third-order valence-corrected chi connectivity index (χ3v) is 4.32. The molecule has 0 aliphatic heterocycles.